The zero-order chi connectivity index (χ0) is 12.6. The number of hydrogen-bond acceptors (Lipinski definition) is 2. The highest BCUT2D eigenvalue weighted by atomic mass is 19.1. The van der Waals surface area contributed by atoms with Gasteiger partial charge in [0.2, 0.25) is 5.91 Å². The maximum atomic E-state index is 13.7. The van der Waals surface area contributed by atoms with Gasteiger partial charge in [0.25, 0.3) is 0 Å². The van der Waals surface area contributed by atoms with Crippen molar-refractivity contribution < 1.29 is 13.6 Å². The van der Waals surface area contributed by atoms with Crippen LogP contribution in [0.5, 0.6) is 0 Å². The lowest BCUT2D eigenvalue weighted by Gasteiger charge is -2.26. The standard InChI is InChI=1S/C12H14F2N2O/c1-2-16-10(17)6-9(15)12(16)11-7(13)4-3-5-8(11)14/h3-5,9,12H,2,6,15H2,1H3. The predicted molar refractivity (Wildman–Crippen MR) is 59.1 cm³/mol. The minimum atomic E-state index is -0.700. The molecular weight excluding hydrogens is 226 g/mol. The van der Waals surface area contributed by atoms with Crippen molar-refractivity contribution in [3.8, 4) is 0 Å². The molecule has 0 aromatic heterocycles. The fourth-order valence-corrected chi connectivity index (χ4v) is 2.35. The highest BCUT2D eigenvalue weighted by Crippen LogP contribution is 2.34. The van der Waals surface area contributed by atoms with E-state index in [0.717, 1.165) is 0 Å². The van der Waals surface area contributed by atoms with Gasteiger partial charge in [-0.3, -0.25) is 4.79 Å². The zero-order valence-electron chi connectivity index (χ0n) is 9.49. The van der Waals surface area contributed by atoms with Gasteiger partial charge in [-0.1, -0.05) is 6.07 Å². The summed E-state index contributed by atoms with van der Waals surface area (Å²) in [5, 5.41) is 0. The van der Waals surface area contributed by atoms with Crippen LogP contribution in [-0.2, 0) is 4.79 Å². The topological polar surface area (TPSA) is 46.3 Å². The fourth-order valence-electron chi connectivity index (χ4n) is 2.35. The highest BCUT2D eigenvalue weighted by molar-refractivity contribution is 5.80. The van der Waals surface area contributed by atoms with Gasteiger partial charge in [0, 0.05) is 24.6 Å². The van der Waals surface area contributed by atoms with Gasteiger partial charge in [0.1, 0.15) is 11.6 Å². The van der Waals surface area contributed by atoms with Gasteiger partial charge in [-0.05, 0) is 19.1 Å². The number of halogens is 2. The molecule has 2 atom stereocenters. The number of likely N-dealkylation sites (N-methyl/N-ethyl adjacent to an activating group) is 1. The molecule has 1 aromatic rings. The van der Waals surface area contributed by atoms with E-state index in [2.05, 4.69) is 0 Å². The van der Waals surface area contributed by atoms with Crippen molar-refractivity contribution in [3.63, 3.8) is 0 Å². The SMILES string of the molecule is CCN1C(=O)CC(N)C1c1c(F)cccc1F. The highest BCUT2D eigenvalue weighted by Gasteiger charge is 2.40. The van der Waals surface area contributed by atoms with Crippen molar-refractivity contribution in [1.82, 2.24) is 4.90 Å². The summed E-state index contributed by atoms with van der Waals surface area (Å²) in [6.45, 7) is 2.16. The van der Waals surface area contributed by atoms with Crippen molar-refractivity contribution in [1.29, 1.82) is 0 Å². The molecule has 0 spiro atoms. The predicted octanol–water partition coefficient (Wildman–Crippen LogP) is 1.59. The summed E-state index contributed by atoms with van der Waals surface area (Å²) in [5.74, 6) is -1.47. The molecule has 2 N–H and O–H groups in total. The Balaban J connectivity index is 2.48. The summed E-state index contributed by atoms with van der Waals surface area (Å²) in [5.41, 5.74) is 5.71. The van der Waals surface area contributed by atoms with E-state index in [1.54, 1.807) is 6.92 Å². The molecule has 1 saturated heterocycles. The number of amides is 1. The smallest absolute Gasteiger partial charge is 0.224 e. The molecule has 1 aliphatic heterocycles. The molecule has 3 nitrogen and oxygen atoms in total. The lowest BCUT2D eigenvalue weighted by Crippen LogP contribution is -2.34. The van der Waals surface area contributed by atoms with Gasteiger partial charge < -0.3 is 10.6 Å². The average Bonchev–Trinajstić information content (AvgIpc) is 2.53. The molecular formula is C12H14F2N2O. The molecule has 0 saturated carbocycles. The Morgan fingerprint density at radius 1 is 1.41 bits per heavy atom. The second-order valence-electron chi connectivity index (χ2n) is 4.13. The molecule has 1 fully saturated rings. The van der Waals surface area contributed by atoms with Gasteiger partial charge in [-0.15, -0.1) is 0 Å². The number of benzene rings is 1. The van der Waals surface area contributed by atoms with Crippen LogP contribution in [0.4, 0.5) is 8.78 Å². The van der Waals surface area contributed by atoms with Crippen LogP contribution in [0.2, 0.25) is 0 Å². The maximum absolute atomic E-state index is 13.7. The van der Waals surface area contributed by atoms with Gasteiger partial charge in [0.05, 0.1) is 6.04 Å². The van der Waals surface area contributed by atoms with E-state index in [1.807, 2.05) is 0 Å². The summed E-state index contributed by atoms with van der Waals surface area (Å²) in [4.78, 5) is 13.0. The monoisotopic (exact) mass is 240 g/mol. The maximum Gasteiger partial charge on any atom is 0.224 e. The number of carbonyl (C=O) groups excluding carboxylic acids is 1. The molecule has 2 rings (SSSR count). The lowest BCUT2D eigenvalue weighted by molar-refractivity contribution is -0.128. The van der Waals surface area contributed by atoms with Crippen LogP contribution >= 0.6 is 0 Å². The molecule has 92 valence electrons. The molecule has 1 aromatic carbocycles. The summed E-state index contributed by atoms with van der Waals surface area (Å²) in [6, 6.07) is 2.40. The van der Waals surface area contributed by atoms with Crippen LogP contribution in [-0.4, -0.2) is 23.4 Å². The van der Waals surface area contributed by atoms with Crippen LogP contribution in [0.25, 0.3) is 0 Å². The van der Waals surface area contributed by atoms with Crippen LogP contribution in [0.15, 0.2) is 18.2 Å². The van der Waals surface area contributed by atoms with Gasteiger partial charge in [0.15, 0.2) is 0 Å². The van der Waals surface area contributed by atoms with Crippen molar-refractivity contribution in [2.24, 2.45) is 5.73 Å². The van der Waals surface area contributed by atoms with E-state index in [4.69, 9.17) is 5.73 Å². The van der Waals surface area contributed by atoms with E-state index in [0.29, 0.717) is 6.54 Å². The Bertz CT molecular complexity index is 430. The van der Waals surface area contributed by atoms with Crippen molar-refractivity contribution in [2.45, 2.75) is 25.4 Å². The molecule has 1 heterocycles. The number of nitrogens with two attached hydrogens (primary N) is 1. The Labute approximate surface area is 98.2 Å². The van der Waals surface area contributed by atoms with E-state index in [-0.39, 0.29) is 17.9 Å². The number of rotatable bonds is 2. The lowest BCUT2D eigenvalue weighted by atomic mass is 9.99. The Kier molecular flexibility index (Phi) is 3.11. The van der Waals surface area contributed by atoms with E-state index >= 15 is 0 Å². The second-order valence-corrected chi connectivity index (χ2v) is 4.13. The van der Waals surface area contributed by atoms with E-state index in [1.165, 1.54) is 23.1 Å². The molecule has 17 heavy (non-hydrogen) atoms. The number of likely N-dealkylation sites (tertiary alicyclic amines) is 1. The minimum Gasteiger partial charge on any atom is -0.334 e. The largest absolute Gasteiger partial charge is 0.334 e. The molecule has 1 amide bonds. The van der Waals surface area contributed by atoms with E-state index in [9.17, 15) is 13.6 Å². The minimum absolute atomic E-state index is 0.104. The first-order valence-corrected chi connectivity index (χ1v) is 5.55. The van der Waals surface area contributed by atoms with Crippen molar-refractivity contribution >= 4 is 5.91 Å². The fraction of sp³-hybridized carbons (Fsp3) is 0.417. The summed E-state index contributed by atoms with van der Waals surface area (Å²) in [7, 11) is 0. The first-order chi connectivity index (χ1) is 8.06. The van der Waals surface area contributed by atoms with E-state index < -0.39 is 23.7 Å². The molecule has 5 heteroatoms. The summed E-state index contributed by atoms with van der Waals surface area (Å²) >= 11 is 0. The third-order valence-electron chi connectivity index (χ3n) is 3.11. The summed E-state index contributed by atoms with van der Waals surface area (Å²) < 4.78 is 27.4. The van der Waals surface area contributed by atoms with Crippen LogP contribution in [0.1, 0.15) is 24.9 Å². The quantitative estimate of drug-likeness (QED) is 0.853. The first kappa shape index (κ1) is 12.0. The van der Waals surface area contributed by atoms with Crippen LogP contribution < -0.4 is 5.73 Å². The second kappa shape index (κ2) is 4.41. The third-order valence-corrected chi connectivity index (χ3v) is 3.11. The van der Waals surface area contributed by atoms with Crippen LogP contribution in [0.3, 0.4) is 0 Å². The van der Waals surface area contributed by atoms with Crippen molar-refractivity contribution in [3.05, 3.63) is 35.4 Å². The Morgan fingerprint density at radius 2 is 2.00 bits per heavy atom. The normalized spacial score (nSPS) is 24.5. The molecule has 2 unspecified atom stereocenters. The van der Waals surface area contributed by atoms with Gasteiger partial charge in [-0.2, -0.15) is 0 Å². The Hall–Kier alpha value is -1.49. The van der Waals surface area contributed by atoms with Gasteiger partial charge >= 0.3 is 0 Å². The molecule has 0 radical (unpaired) electrons. The number of hydrogen-bond donors (Lipinski definition) is 1. The van der Waals surface area contributed by atoms with Crippen LogP contribution in [0, 0.1) is 11.6 Å². The third kappa shape index (κ3) is 1.91. The van der Waals surface area contributed by atoms with Gasteiger partial charge in [-0.25, -0.2) is 8.78 Å². The molecule has 0 aliphatic carbocycles. The first-order valence-electron chi connectivity index (χ1n) is 5.55. The Morgan fingerprint density at radius 3 is 2.53 bits per heavy atom. The molecule has 0 bridgehead atoms. The summed E-state index contributed by atoms with van der Waals surface area (Å²) in [6.07, 6.45) is 0.131. The van der Waals surface area contributed by atoms with Crippen molar-refractivity contribution in [2.75, 3.05) is 6.54 Å². The molecule has 1 aliphatic rings. The number of nitrogens with zero attached hydrogens (tertiary/aromatic N) is 1. The average molecular weight is 240 g/mol. The zero-order valence-corrected chi connectivity index (χ0v) is 9.49. The number of carbonyl (C=O) groups is 1.